The third-order valence-corrected chi connectivity index (χ3v) is 4.34. The fourth-order valence-corrected chi connectivity index (χ4v) is 3.26. The number of rotatable bonds is 5. The molecule has 0 fully saturated rings. The maximum absolute atomic E-state index is 12.7. The van der Waals surface area contributed by atoms with Crippen molar-refractivity contribution in [3.05, 3.63) is 58.6 Å². The van der Waals surface area contributed by atoms with Crippen LogP contribution in [0.1, 0.15) is 24.1 Å². The molecule has 1 aliphatic heterocycles. The van der Waals surface area contributed by atoms with E-state index in [1.165, 1.54) is 6.92 Å². The van der Waals surface area contributed by atoms with Gasteiger partial charge in [-0.15, -0.1) is 0 Å². The molecule has 0 bridgehead atoms. The zero-order chi connectivity index (χ0) is 18.0. The normalized spacial score (nSPS) is 15.9. The van der Waals surface area contributed by atoms with Crippen molar-refractivity contribution < 1.29 is 14.3 Å². The highest BCUT2D eigenvalue weighted by Gasteiger charge is 2.38. The van der Waals surface area contributed by atoms with E-state index in [2.05, 4.69) is 5.32 Å². The number of anilines is 1. The van der Waals surface area contributed by atoms with Crippen molar-refractivity contribution in [3.8, 4) is 5.75 Å². The van der Waals surface area contributed by atoms with Crippen molar-refractivity contribution in [3.63, 3.8) is 0 Å². The molecule has 1 N–H and O–H groups in total. The predicted molar refractivity (Wildman–Crippen MR) is 97.0 cm³/mol. The Morgan fingerprint density at radius 3 is 2.76 bits per heavy atom. The van der Waals surface area contributed by atoms with E-state index in [9.17, 15) is 9.59 Å². The fourth-order valence-electron chi connectivity index (χ4n) is 2.97. The van der Waals surface area contributed by atoms with Crippen molar-refractivity contribution >= 4 is 29.1 Å². The van der Waals surface area contributed by atoms with E-state index in [1.54, 1.807) is 23.1 Å². The molecule has 0 spiro atoms. The highest BCUT2D eigenvalue weighted by Crippen LogP contribution is 2.40. The minimum atomic E-state index is -0.704. The smallest absolute Gasteiger partial charge is 0.254 e. The van der Waals surface area contributed by atoms with E-state index < -0.39 is 6.04 Å². The summed E-state index contributed by atoms with van der Waals surface area (Å²) in [7, 11) is 0. The van der Waals surface area contributed by atoms with Crippen molar-refractivity contribution in [1.82, 2.24) is 5.32 Å². The minimum Gasteiger partial charge on any atom is -0.492 e. The molecule has 0 radical (unpaired) electrons. The highest BCUT2D eigenvalue weighted by molar-refractivity contribution is 6.34. The van der Waals surface area contributed by atoms with Crippen LogP contribution in [0.3, 0.4) is 0 Å². The minimum absolute atomic E-state index is 0.203. The lowest BCUT2D eigenvalue weighted by Crippen LogP contribution is -2.38. The topological polar surface area (TPSA) is 58.6 Å². The Bertz CT molecular complexity index is 822. The molecule has 2 aromatic carbocycles. The number of hydrogen-bond acceptors (Lipinski definition) is 3. The number of carbonyl (C=O) groups is 2. The molecular formula is C19H19ClN2O3. The van der Waals surface area contributed by atoms with Crippen LogP contribution >= 0.6 is 11.6 Å². The fraction of sp³-hybridized carbons (Fsp3) is 0.263. The van der Waals surface area contributed by atoms with E-state index in [4.69, 9.17) is 16.3 Å². The molecule has 1 atom stereocenters. The Labute approximate surface area is 151 Å². The zero-order valence-corrected chi connectivity index (χ0v) is 14.8. The molecule has 0 saturated heterocycles. The molecule has 0 saturated carbocycles. The van der Waals surface area contributed by atoms with Gasteiger partial charge in [-0.1, -0.05) is 35.9 Å². The Kier molecular flexibility index (Phi) is 4.95. The van der Waals surface area contributed by atoms with Crippen molar-refractivity contribution in [1.29, 1.82) is 0 Å². The first-order valence-corrected chi connectivity index (χ1v) is 8.41. The second kappa shape index (κ2) is 7.15. The summed E-state index contributed by atoms with van der Waals surface area (Å²) in [5, 5.41) is 3.17. The molecule has 2 amide bonds. The first-order chi connectivity index (χ1) is 12.0. The first-order valence-electron chi connectivity index (χ1n) is 8.03. The van der Waals surface area contributed by atoms with Crippen LogP contribution in [0.4, 0.5) is 5.69 Å². The van der Waals surface area contributed by atoms with Gasteiger partial charge in [0.15, 0.2) is 0 Å². The number of amides is 2. The molecule has 25 heavy (non-hydrogen) atoms. The number of nitrogens with one attached hydrogen (secondary N) is 1. The number of benzene rings is 2. The van der Waals surface area contributed by atoms with Crippen LogP contribution in [0.15, 0.2) is 42.5 Å². The van der Waals surface area contributed by atoms with Crippen LogP contribution in [0.5, 0.6) is 5.75 Å². The Morgan fingerprint density at radius 2 is 2.04 bits per heavy atom. The van der Waals surface area contributed by atoms with E-state index >= 15 is 0 Å². The molecule has 130 valence electrons. The van der Waals surface area contributed by atoms with Crippen molar-refractivity contribution in [2.75, 3.05) is 18.1 Å². The van der Waals surface area contributed by atoms with E-state index in [-0.39, 0.29) is 11.8 Å². The molecule has 0 aromatic heterocycles. The van der Waals surface area contributed by atoms with Crippen LogP contribution in [-0.2, 0) is 9.59 Å². The second-order valence-corrected chi connectivity index (χ2v) is 6.37. The van der Waals surface area contributed by atoms with Crippen molar-refractivity contribution in [2.24, 2.45) is 0 Å². The van der Waals surface area contributed by atoms with Gasteiger partial charge in [0.2, 0.25) is 5.91 Å². The summed E-state index contributed by atoms with van der Waals surface area (Å²) in [5.41, 5.74) is 2.46. The van der Waals surface area contributed by atoms with Crippen LogP contribution in [-0.4, -0.2) is 25.0 Å². The highest BCUT2D eigenvalue weighted by atomic mass is 35.5. The molecule has 1 unspecified atom stereocenters. The molecule has 1 heterocycles. The van der Waals surface area contributed by atoms with Gasteiger partial charge in [-0.25, -0.2) is 0 Å². The lowest BCUT2D eigenvalue weighted by molar-refractivity contribution is -0.126. The Hall–Kier alpha value is -2.53. The van der Waals surface area contributed by atoms with Crippen LogP contribution in [0, 0.1) is 6.92 Å². The number of nitrogens with zero attached hydrogens (tertiary/aromatic N) is 1. The summed E-state index contributed by atoms with van der Waals surface area (Å²) in [5.74, 6) is 0.290. The van der Waals surface area contributed by atoms with E-state index in [1.807, 2.05) is 31.2 Å². The predicted octanol–water partition coefficient (Wildman–Crippen LogP) is 3.25. The zero-order valence-electron chi connectivity index (χ0n) is 14.1. The number of halogens is 1. The van der Waals surface area contributed by atoms with Gasteiger partial charge in [0.25, 0.3) is 5.91 Å². The average molecular weight is 359 g/mol. The number of hydrogen-bond donors (Lipinski definition) is 1. The number of para-hydroxylation sites is 1. The van der Waals surface area contributed by atoms with Gasteiger partial charge in [-0.3, -0.25) is 9.59 Å². The van der Waals surface area contributed by atoms with Crippen LogP contribution in [0.25, 0.3) is 0 Å². The lowest BCUT2D eigenvalue weighted by atomic mass is 10.1. The van der Waals surface area contributed by atoms with Gasteiger partial charge in [0, 0.05) is 12.5 Å². The molecule has 3 rings (SSSR count). The SMILES string of the molecule is CC(=O)NC1C(=O)N(CCOc2cccc(C)c2)c2c(Cl)cccc21. The van der Waals surface area contributed by atoms with Crippen LogP contribution in [0.2, 0.25) is 5.02 Å². The monoisotopic (exact) mass is 358 g/mol. The molecule has 5 nitrogen and oxygen atoms in total. The number of aryl methyl sites for hydroxylation is 1. The lowest BCUT2D eigenvalue weighted by Gasteiger charge is -2.19. The van der Waals surface area contributed by atoms with Gasteiger partial charge < -0.3 is 15.0 Å². The van der Waals surface area contributed by atoms with Crippen molar-refractivity contribution in [2.45, 2.75) is 19.9 Å². The van der Waals surface area contributed by atoms with Gasteiger partial charge >= 0.3 is 0 Å². The molecule has 2 aromatic rings. The summed E-state index contributed by atoms with van der Waals surface area (Å²) in [6.45, 7) is 4.05. The molecule has 0 aliphatic carbocycles. The van der Waals surface area contributed by atoms with E-state index in [0.29, 0.717) is 29.4 Å². The summed E-state index contributed by atoms with van der Waals surface area (Å²) < 4.78 is 5.74. The summed E-state index contributed by atoms with van der Waals surface area (Å²) in [4.78, 5) is 25.8. The maximum Gasteiger partial charge on any atom is 0.254 e. The number of carbonyl (C=O) groups excluding carboxylic acids is 2. The van der Waals surface area contributed by atoms with Crippen LogP contribution < -0.4 is 15.0 Å². The van der Waals surface area contributed by atoms with Gasteiger partial charge in [0.05, 0.1) is 17.3 Å². The molecule has 1 aliphatic rings. The number of fused-ring (bicyclic) bond motifs is 1. The largest absolute Gasteiger partial charge is 0.492 e. The molecule has 6 heteroatoms. The second-order valence-electron chi connectivity index (χ2n) is 5.97. The molecular weight excluding hydrogens is 340 g/mol. The van der Waals surface area contributed by atoms with E-state index in [0.717, 1.165) is 11.3 Å². The summed E-state index contributed by atoms with van der Waals surface area (Å²) in [6, 6.07) is 12.3. The summed E-state index contributed by atoms with van der Waals surface area (Å²) >= 11 is 6.30. The number of ether oxygens (including phenoxy) is 1. The van der Waals surface area contributed by atoms with Gasteiger partial charge in [0.1, 0.15) is 18.4 Å². The Morgan fingerprint density at radius 1 is 1.28 bits per heavy atom. The first kappa shape index (κ1) is 17.3. The third kappa shape index (κ3) is 3.61. The maximum atomic E-state index is 12.7. The average Bonchev–Trinajstić information content (AvgIpc) is 2.81. The standard InChI is InChI=1S/C19H19ClN2O3/c1-12-5-3-6-14(11-12)25-10-9-22-18-15(7-4-8-16(18)20)17(19(22)24)21-13(2)23/h3-8,11,17H,9-10H2,1-2H3,(H,21,23). The summed E-state index contributed by atoms with van der Waals surface area (Å²) in [6.07, 6.45) is 0. The van der Waals surface area contributed by atoms with Gasteiger partial charge in [-0.05, 0) is 30.7 Å². The van der Waals surface area contributed by atoms with Gasteiger partial charge in [-0.2, -0.15) is 0 Å². The third-order valence-electron chi connectivity index (χ3n) is 4.03. The quantitative estimate of drug-likeness (QED) is 0.892. The Balaban J connectivity index is 1.77.